The number of aryl methyl sites for hydroxylation is 5. The van der Waals surface area contributed by atoms with Crippen molar-refractivity contribution in [1.29, 1.82) is 0 Å². The van der Waals surface area contributed by atoms with E-state index in [0.29, 0.717) is 32.2 Å². The molecule has 2 fully saturated rings. The van der Waals surface area contributed by atoms with Gasteiger partial charge in [-0.15, -0.1) is 0 Å². The molecule has 6 unspecified atom stereocenters. The van der Waals surface area contributed by atoms with E-state index in [2.05, 4.69) is 54.8 Å². The molecule has 0 spiro atoms. The van der Waals surface area contributed by atoms with Crippen LogP contribution in [-0.4, -0.2) is 195 Å². The monoisotopic (exact) mass is 1510 g/mol. The van der Waals surface area contributed by atoms with E-state index in [1.54, 1.807) is 46.0 Å². The van der Waals surface area contributed by atoms with Crippen LogP contribution in [-0.2, 0) is 101 Å². The van der Waals surface area contributed by atoms with E-state index in [0.717, 1.165) is 50.2 Å². The van der Waals surface area contributed by atoms with E-state index in [4.69, 9.17) is 34.1 Å². The van der Waals surface area contributed by atoms with Crippen LogP contribution in [0.3, 0.4) is 0 Å². The first-order valence-electron chi connectivity index (χ1n) is 31.5. The zero-order chi connectivity index (χ0) is 78.7. The summed E-state index contributed by atoms with van der Waals surface area (Å²) in [6.45, 7) is 15.0. The smallest absolute Gasteiger partial charge is 0.414 e. The van der Waals surface area contributed by atoms with Crippen LogP contribution < -0.4 is 56.9 Å². The lowest BCUT2D eigenvalue weighted by Gasteiger charge is -2.39. The van der Waals surface area contributed by atoms with Gasteiger partial charge in [0.15, 0.2) is 8.32 Å². The molecular formula is C60H89F5N16O20SSi. The minimum Gasteiger partial charge on any atom is -0.473 e. The predicted octanol–water partition coefficient (Wildman–Crippen LogP) is -1.37. The van der Waals surface area contributed by atoms with Crippen molar-refractivity contribution in [3.05, 3.63) is 170 Å². The molecule has 4 N–H and O–H groups in total. The number of hydrogen-bond acceptors (Lipinski definition) is 24. The van der Waals surface area contributed by atoms with Crippen LogP contribution in [0, 0.1) is 40.4 Å². The molecule has 0 amide bonds. The number of H-pyrrole nitrogens is 1. The minimum absolute atomic E-state index is 0.0163. The van der Waals surface area contributed by atoms with E-state index in [1.165, 1.54) is 61.8 Å². The lowest BCUT2D eigenvalue weighted by atomic mass is 9.99. The highest BCUT2D eigenvalue weighted by Crippen LogP contribution is 2.38. The van der Waals surface area contributed by atoms with Gasteiger partial charge in [0, 0.05) is 59.4 Å². The van der Waals surface area contributed by atoms with Gasteiger partial charge in [-0.3, -0.25) is 36.9 Å². The third kappa shape index (κ3) is 26.2. The molecule has 0 saturated carbocycles. The molecule has 6 atom stereocenters. The van der Waals surface area contributed by atoms with Gasteiger partial charge in [0.1, 0.15) is 59.6 Å². The normalized spacial score (nSPS) is 16.1. The maximum absolute atomic E-state index is 14.9. The molecular weight excluding hydrogens is 1420 g/mol. The van der Waals surface area contributed by atoms with E-state index in [1.807, 2.05) is 18.1 Å². The Morgan fingerprint density at radius 2 is 0.942 bits per heavy atom. The van der Waals surface area contributed by atoms with Crippen molar-refractivity contribution in [2.75, 3.05) is 32.6 Å². The summed E-state index contributed by atoms with van der Waals surface area (Å²) in [6, 6.07) is 6.98. The number of aliphatic carboxylic acids is 2. The summed E-state index contributed by atoms with van der Waals surface area (Å²) in [5, 5.41) is 23.2. The highest BCUT2D eigenvalue weighted by molar-refractivity contribution is 7.86. The number of alkyl halides is 4. The number of hydrogen-bond donors (Lipinski definition) is 4. The Balaban J connectivity index is 0.000000341. The molecule has 5 aromatic heterocycles. The largest absolute Gasteiger partial charge is 0.473 e. The first-order valence-corrected chi connectivity index (χ1v) is 36.2. The molecule has 8 rings (SSSR count). The lowest BCUT2D eigenvalue weighted by Crippen LogP contribution is -2.50. The second kappa shape index (κ2) is 38.4. The number of aromatic amines is 1. The van der Waals surface area contributed by atoms with E-state index in [-0.39, 0.29) is 73.5 Å². The molecule has 0 radical (unpaired) electrons. The van der Waals surface area contributed by atoms with Crippen molar-refractivity contribution in [3.63, 3.8) is 0 Å². The number of benzene rings is 1. The maximum atomic E-state index is 14.9. The molecule has 43 heteroatoms. The minimum atomic E-state index is -3.77. The number of ether oxygens (including phenoxy) is 1. The Kier molecular flexibility index (Phi) is 32.8. The fourth-order valence-electron chi connectivity index (χ4n) is 9.33. The van der Waals surface area contributed by atoms with Crippen molar-refractivity contribution < 1.29 is 68.6 Å². The maximum Gasteiger partial charge on any atom is 0.414 e. The molecule has 1 aromatic carbocycles. The highest BCUT2D eigenvalue weighted by atomic mass is 32.2. The van der Waals surface area contributed by atoms with Gasteiger partial charge < -0.3 is 24.5 Å². The van der Waals surface area contributed by atoms with Crippen LogP contribution in [0.1, 0.15) is 81.1 Å². The topological polar surface area (TPSA) is 455 Å². The van der Waals surface area contributed by atoms with Gasteiger partial charge in [-0.2, -0.15) is 33.3 Å². The van der Waals surface area contributed by atoms with Crippen molar-refractivity contribution >= 4 is 30.4 Å². The first kappa shape index (κ1) is 88.0. The average molecular weight is 1510 g/mol. The molecule has 2 bridgehead atoms. The van der Waals surface area contributed by atoms with Gasteiger partial charge in [0.2, 0.25) is 0 Å². The second-order valence-electron chi connectivity index (χ2n) is 25.3. The number of aromatic nitrogens is 15. The number of aliphatic hydroxyl groups excluding tert-OH is 1. The van der Waals surface area contributed by atoms with Gasteiger partial charge in [-0.1, -0.05) is 39.0 Å². The number of carboxylic acid groups (broad SMARTS) is 2. The SMILES string of the molecule is Cc1nc(=O)[nH]c(=O)n1C.Cc1nc(=O)n(CC(F)CN2C3CCC2CC(OCc2ccccc2F)C3)c(=O)n1C.Cc1nc(=O)n(CC(F)CO)c(=O)n1C.Cc1nc(=O)n(CC(F)COS(C)(=O)=O)c(=O)n1C.Cc1nc(=O)n(CC(F)CO[Si](C)(C)C(C)(C)C)c(=O)n1C.O=C(O)C(=O)O. The molecule has 103 heavy (non-hydrogen) atoms. The Bertz CT molecular complexity index is 4670. The number of nitrogens with one attached hydrogen (secondary N) is 1. The lowest BCUT2D eigenvalue weighted by molar-refractivity contribution is -0.159. The molecule has 6 aromatic rings. The Labute approximate surface area is 585 Å². The van der Waals surface area contributed by atoms with E-state index >= 15 is 0 Å². The number of nitrogens with zero attached hydrogens (tertiary/aromatic N) is 15. The molecule has 574 valence electrons. The number of carboxylic acids is 2. The second-order valence-corrected chi connectivity index (χ2v) is 31.8. The summed E-state index contributed by atoms with van der Waals surface area (Å²) in [5.41, 5.74) is -6.09. The summed E-state index contributed by atoms with van der Waals surface area (Å²) in [5.74, 6) is -2.43. The highest BCUT2D eigenvalue weighted by Gasteiger charge is 2.42. The third-order valence-corrected chi connectivity index (χ3v) is 21.8. The number of piperidine rings is 1. The van der Waals surface area contributed by atoms with Gasteiger partial charge >= 0.3 is 68.8 Å². The van der Waals surface area contributed by atoms with Crippen LogP contribution in [0.5, 0.6) is 0 Å². The number of rotatable bonds is 20. The molecule has 2 saturated heterocycles. The molecule has 0 aliphatic carbocycles. The van der Waals surface area contributed by atoms with Crippen LogP contribution in [0.25, 0.3) is 0 Å². The summed E-state index contributed by atoms with van der Waals surface area (Å²) >= 11 is 0. The van der Waals surface area contributed by atoms with Crippen LogP contribution in [0.15, 0.2) is 72.2 Å². The number of carbonyl (C=O) groups is 2. The number of fused-ring (bicyclic) bond motifs is 2. The summed E-state index contributed by atoms with van der Waals surface area (Å²) in [7, 11) is 1.55. The van der Waals surface area contributed by atoms with E-state index in [9.17, 15) is 78.3 Å². The fourth-order valence-corrected chi connectivity index (χ4v) is 10.8. The van der Waals surface area contributed by atoms with Crippen molar-refractivity contribution in [3.8, 4) is 0 Å². The van der Waals surface area contributed by atoms with Gasteiger partial charge in [0.25, 0.3) is 10.1 Å². The van der Waals surface area contributed by atoms with Crippen molar-refractivity contribution in [1.82, 2.24) is 75.9 Å². The van der Waals surface area contributed by atoms with E-state index < -0.39 is 138 Å². The van der Waals surface area contributed by atoms with Crippen molar-refractivity contribution in [2.24, 2.45) is 35.2 Å². The van der Waals surface area contributed by atoms with Gasteiger partial charge in [-0.05, 0) is 84.5 Å². The van der Waals surface area contributed by atoms with Crippen LogP contribution in [0.4, 0.5) is 22.0 Å². The Morgan fingerprint density at radius 1 is 0.583 bits per heavy atom. The Hall–Kier alpha value is -9.17. The summed E-state index contributed by atoms with van der Waals surface area (Å²) in [4.78, 5) is 156. The fraction of sp³-hybridized carbons (Fsp3) is 0.617. The summed E-state index contributed by atoms with van der Waals surface area (Å²) in [6.07, 6.45) is -1.98. The van der Waals surface area contributed by atoms with Crippen LogP contribution >= 0.6 is 0 Å². The quantitative estimate of drug-likeness (QED) is 0.0296. The zero-order valence-corrected chi connectivity index (χ0v) is 61.6. The Morgan fingerprint density at radius 3 is 1.29 bits per heavy atom. The predicted molar refractivity (Wildman–Crippen MR) is 362 cm³/mol. The molecule has 36 nitrogen and oxygen atoms in total. The molecule has 2 aliphatic heterocycles. The third-order valence-electron chi connectivity index (χ3n) is 16.7. The number of aliphatic hydroxyl groups is 1. The van der Waals surface area contributed by atoms with Gasteiger partial charge in [0.05, 0.1) is 65.0 Å². The number of halogens is 5. The standard InChI is InChI=1S/C22H28F2N4O3.C14H26FN3O3Si.C9H14FN3O5S.C8H12FN3O3.C5H7N3O2.C2H2O4/c1-14-25-21(29)28(22(30)26(14)2)12-16(23)11-27-17-7-8-18(27)10-19(9-17)31-13-15-5-3-4-6-20(15)24;1-10-16-12(19)18(13(20)17(10)5)8-11(15)9-21-22(6,7)14(2,3)4;1-6-11-8(14)13(9(15)12(6)2)4-7(10)5-18-19(3,16)17;1-5-10-7(14)12(3-6(9)4-13)8(15)11(5)2;1-3-6-4(9)7-5(10)8(3)2;3-1(4)2(5)6/h3-6,16-19H,7-13H2,1-2H3;11H,8-9H2,1-7H3;7H,4-5H2,1-3H3;6,13H,3-4H2,1-2H3;1-2H3,(H,7,9,10);(H,3,4)(H,5,6). The average Bonchev–Trinajstić information content (AvgIpc) is 1.74. The van der Waals surface area contributed by atoms with Crippen molar-refractivity contribution in [2.45, 2.75) is 175 Å². The first-order chi connectivity index (χ1) is 47.5. The molecule has 7 heterocycles. The zero-order valence-electron chi connectivity index (χ0n) is 59.8. The molecule has 2 aliphatic rings. The van der Waals surface area contributed by atoms with Gasteiger partial charge in [-0.25, -0.2) is 97.8 Å². The van der Waals surface area contributed by atoms with Crippen LogP contribution in [0.2, 0.25) is 18.1 Å². The summed E-state index contributed by atoms with van der Waals surface area (Å²) < 4.78 is 115.